The van der Waals surface area contributed by atoms with Crippen LogP contribution in [0, 0.1) is 0 Å². The van der Waals surface area contributed by atoms with E-state index in [4.69, 9.17) is 9.97 Å². The minimum absolute atomic E-state index is 0.228. The zero-order chi connectivity index (χ0) is 17.2. The molecule has 1 aliphatic heterocycles. The minimum Gasteiger partial charge on any atom is -0.352 e. The molecule has 1 aromatic carbocycles. The molecule has 25 heavy (non-hydrogen) atoms. The van der Waals surface area contributed by atoms with Crippen LogP contribution < -0.4 is 4.90 Å². The molecule has 0 atom stereocenters. The van der Waals surface area contributed by atoms with Crippen molar-refractivity contribution in [1.82, 2.24) is 14.9 Å². The molecular formula is C19H20N4OS. The molecule has 1 amide bonds. The zero-order valence-corrected chi connectivity index (χ0v) is 15.0. The summed E-state index contributed by atoms with van der Waals surface area (Å²) in [5.41, 5.74) is 0.961. The number of piperazine rings is 1. The predicted molar refractivity (Wildman–Crippen MR) is 102 cm³/mol. The lowest BCUT2D eigenvalue weighted by molar-refractivity contribution is -0.131. The Hall–Kier alpha value is -2.47. The van der Waals surface area contributed by atoms with Gasteiger partial charge in [-0.1, -0.05) is 25.1 Å². The Morgan fingerprint density at radius 1 is 1.08 bits per heavy atom. The van der Waals surface area contributed by atoms with E-state index in [0.29, 0.717) is 6.42 Å². The Labute approximate surface area is 150 Å². The molecule has 0 saturated carbocycles. The first-order valence-corrected chi connectivity index (χ1v) is 9.47. The van der Waals surface area contributed by atoms with Crippen LogP contribution in [0.3, 0.4) is 0 Å². The van der Waals surface area contributed by atoms with Gasteiger partial charge in [0.1, 0.15) is 5.82 Å². The standard InChI is InChI=1S/C19H20N4OS/c1-2-17(24)22-9-11-23(12-10-22)19-14-6-3-4-7-15(14)20-18(21-19)16-8-5-13-25-16/h3-8,13H,2,9-12H2,1H3. The SMILES string of the molecule is CCC(=O)N1CCN(c2nc(-c3cccs3)nc3ccccc23)CC1. The van der Waals surface area contributed by atoms with Gasteiger partial charge in [-0.3, -0.25) is 4.79 Å². The maximum Gasteiger partial charge on any atom is 0.222 e. The van der Waals surface area contributed by atoms with Crippen molar-refractivity contribution in [3.63, 3.8) is 0 Å². The number of nitrogens with zero attached hydrogens (tertiary/aromatic N) is 4. The van der Waals surface area contributed by atoms with Crippen LogP contribution in [0.2, 0.25) is 0 Å². The fourth-order valence-electron chi connectivity index (χ4n) is 3.21. The molecular weight excluding hydrogens is 332 g/mol. The molecule has 0 spiro atoms. The summed E-state index contributed by atoms with van der Waals surface area (Å²) in [7, 11) is 0. The third-order valence-corrected chi connectivity index (χ3v) is 5.42. The number of rotatable bonds is 3. The summed E-state index contributed by atoms with van der Waals surface area (Å²) < 4.78 is 0. The van der Waals surface area contributed by atoms with E-state index in [1.165, 1.54) is 0 Å². The number of carbonyl (C=O) groups excluding carboxylic acids is 1. The second-order valence-corrected chi connectivity index (χ2v) is 7.03. The quantitative estimate of drug-likeness (QED) is 0.725. The highest BCUT2D eigenvalue weighted by Crippen LogP contribution is 2.30. The minimum atomic E-state index is 0.228. The average molecular weight is 352 g/mol. The smallest absolute Gasteiger partial charge is 0.222 e. The first kappa shape index (κ1) is 16.0. The highest BCUT2D eigenvalue weighted by atomic mass is 32.1. The normalized spacial score (nSPS) is 14.9. The Kier molecular flexibility index (Phi) is 4.36. The molecule has 1 fully saturated rings. The number of anilines is 1. The molecule has 0 N–H and O–H groups in total. The van der Waals surface area contributed by atoms with Crippen molar-refractivity contribution in [1.29, 1.82) is 0 Å². The number of para-hydroxylation sites is 1. The molecule has 0 unspecified atom stereocenters. The van der Waals surface area contributed by atoms with E-state index in [-0.39, 0.29) is 5.91 Å². The van der Waals surface area contributed by atoms with Crippen LogP contribution in [0.1, 0.15) is 13.3 Å². The second kappa shape index (κ2) is 6.80. The summed E-state index contributed by atoms with van der Waals surface area (Å²) in [5.74, 6) is 1.97. The Morgan fingerprint density at radius 3 is 2.60 bits per heavy atom. The maximum atomic E-state index is 11.9. The van der Waals surface area contributed by atoms with Crippen LogP contribution in [0.25, 0.3) is 21.6 Å². The molecule has 3 aromatic rings. The highest BCUT2D eigenvalue weighted by Gasteiger charge is 2.23. The molecule has 6 heteroatoms. The average Bonchev–Trinajstić information content (AvgIpc) is 3.21. The topological polar surface area (TPSA) is 49.3 Å². The first-order valence-electron chi connectivity index (χ1n) is 8.59. The number of amides is 1. The van der Waals surface area contributed by atoms with Crippen molar-refractivity contribution in [2.75, 3.05) is 31.1 Å². The van der Waals surface area contributed by atoms with E-state index >= 15 is 0 Å². The van der Waals surface area contributed by atoms with Gasteiger partial charge in [-0.05, 0) is 23.6 Å². The van der Waals surface area contributed by atoms with Crippen LogP contribution in [-0.4, -0.2) is 47.0 Å². The van der Waals surface area contributed by atoms with Gasteiger partial charge < -0.3 is 9.80 Å². The van der Waals surface area contributed by atoms with Crippen LogP contribution in [0.5, 0.6) is 0 Å². The number of thiophene rings is 1. The van der Waals surface area contributed by atoms with Gasteiger partial charge in [0.2, 0.25) is 5.91 Å². The highest BCUT2D eigenvalue weighted by molar-refractivity contribution is 7.13. The molecule has 0 radical (unpaired) electrons. The van der Waals surface area contributed by atoms with Gasteiger partial charge in [0.05, 0.1) is 10.4 Å². The van der Waals surface area contributed by atoms with E-state index in [1.54, 1.807) is 11.3 Å². The van der Waals surface area contributed by atoms with E-state index in [0.717, 1.165) is 53.6 Å². The summed E-state index contributed by atoms with van der Waals surface area (Å²) in [6.07, 6.45) is 0.568. The lowest BCUT2D eigenvalue weighted by Crippen LogP contribution is -2.49. The largest absolute Gasteiger partial charge is 0.352 e. The van der Waals surface area contributed by atoms with Gasteiger partial charge in [-0.15, -0.1) is 11.3 Å². The summed E-state index contributed by atoms with van der Waals surface area (Å²) in [6.45, 7) is 5.02. The molecule has 1 aliphatic rings. The van der Waals surface area contributed by atoms with Crippen molar-refractivity contribution in [3.05, 3.63) is 41.8 Å². The van der Waals surface area contributed by atoms with E-state index in [1.807, 2.05) is 41.5 Å². The van der Waals surface area contributed by atoms with Gasteiger partial charge in [-0.2, -0.15) is 0 Å². The third-order valence-electron chi connectivity index (χ3n) is 4.56. The first-order chi connectivity index (χ1) is 12.3. The lowest BCUT2D eigenvalue weighted by atomic mass is 10.2. The fraction of sp³-hybridized carbons (Fsp3) is 0.316. The van der Waals surface area contributed by atoms with Crippen LogP contribution in [0.15, 0.2) is 41.8 Å². The molecule has 128 valence electrons. The summed E-state index contributed by atoms with van der Waals surface area (Å²) >= 11 is 1.65. The molecule has 0 aliphatic carbocycles. The summed E-state index contributed by atoms with van der Waals surface area (Å²) in [5, 5.41) is 3.11. The Bertz CT molecular complexity index is 886. The van der Waals surface area contributed by atoms with Gasteiger partial charge in [0.15, 0.2) is 5.82 Å². The number of carbonyl (C=O) groups is 1. The Balaban J connectivity index is 1.70. The second-order valence-electron chi connectivity index (χ2n) is 6.09. The zero-order valence-electron chi connectivity index (χ0n) is 14.2. The van der Waals surface area contributed by atoms with Crippen molar-refractivity contribution >= 4 is 34.0 Å². The van der Waals surface area contributed by atoms with Crippen LogP contribution >= 0.6 is 11.3 Å². The van der Waals surface area contributed by atoms with Crippen molar-refractivity contribution in [2.45, 2.75) is 13.3 Å². The Morgan fingerprint density at radius 2 is 1.88 bits per heavy atom. The van der Waals surface area contributed by atoms with Crippen LogP contribution in [0.4, 0.5) is 5.82 Å². The van der Waals surface area contributed by atoms with Crippen molar-refractivity contribution < 1.29 is 4.79 Å². The molecule has 0 bridgehead atoms. The number of hydrogen-bond acceptors (Lipinski definition) is 5. The van der Waals surface area contributed by atoms with E-state index < -0.39 is 0 Å². The number of benzene rings is 1. The summed E-state index contributed by atoms with van der Waals surface area (Å²) in [6, 6.07) is 12.2. The maximum absolute atomic E-state index is 11.9. The van der Waals surface area contributed by atoms with Gasteiger partial charge in [0.25, 0.3) is 0 Å². The van der Waals surface area contributed by atoms with E-state index in [9.17, 15) is 4.79 Å². The molecule has 1 saturated heterocycles. The van der Waals surface area contributed by atoms with E-state index in [2.05, 4.69) is 17.0 Å². The molecule has 2 aromatic heterocycles. The van der Waals surface area contributed by atoms with Gasteiger partial charge >= 0.3 is 0 Å². The number of fused-ring (bicyclic) bond motifs is 1. The predicted octanol–water partition coefficient (Wildman–Crippen LogP) is 3.42. The fourth-order valence-corrected chi connectivity index (χ4v) is 3.87. The third kappa shape index (κ3) is 3.09. The van der Waals surface area contributed by atoms with Crippen molar-refractivity contribution in [3.8, 4) is 10.7 Å². The molecule has 5 nitrogen and oxygen atoms in total. The van der Waals surface area contributed by atoms with Crippen LogP contribution in [-0.2, 0) is 4.79 Å². The lowest BCUT2D eigenvalue weighted by Gasteiger charge is -2.35. The monoisotopic (exact) mass is 352 g/mol. The summed E-state index contributed by atoms with van der Waals surface area (Å²) in [4.78, 5) is 26.8. The molecule has 3 heterocycles. The van der Waals surface area contributed by atoms with Gasteiger partial charge in [0, 0.05) is 38.0 Å². The number of hydrogen-bond donors (Lipinski definition) is 0. The number of aromatic nitrogens is 2. The van der Waals surface area contributed by atoms with Crippen molar-refractivity contribution in [2.24, 2.45) is 0 Å². The van der Waals surface area contributed by atoms with Gasteiger partial charge in [-0.25, -0.2) is 9.97 Å². The molecule has 4 rings (SSSR count).